The topological polar surface area (TPSA) is 50.7 Å². The molecule has 0 amide bonds. The van der Waals surface area contributed by atoms with Crippen molar-refractivity contribution in [1.82, 2.24) is 5.32 Å². The first-order valence-electron chi connectivity index (χ1n) is 7.22. The number of aromatic hydroxyl groups is 1. The molecule has 0 spiro atoms. The molecule has 0 aliphatic heterocycles. The number of methoxy groups -OCH3 is 1. The zero-order valence-corrected chi connectivity index (χ0v) is 13.0. The first-order chi connectivity index (χ1) is 9.54. The van der Waals surface area contributed by atoms with E-state index in [4.69, 9.17) is 9.47 Å². The lowest BCUT2D eigenvalue weighted by molar-refractivity contribution is 0.107. The number of phenols is 1. The molecule has 0 fully saturated rings. The van der Waals surface area contributed by atoms with E-state index in [2.05, 4.69) is 19.2 Å². The Bertz CT molecular complexity index is 393. The van der Waals surface area contributed by atoms with Crippen LogP contribution >= 0.6 is 0 Å². The van der Waals surface area contributed by atoms with Crippen molar-refractivity contribution in [3.63, 3.8) is 0 Å². The van der Waals surface area contributed by atoms with E-state index in [1.807, 2.05) is 13.0 Å². The summed E-state index contributed by atoms with van der Waals surface area (Å²) in [4.78, 5) is 0. The van der Waals surface area contributed by atoms with Gasteiger partial charge in [0.2, 0.25) is 0 Å². The molecule has 0 saturated heterocycles. The maximum Gasteiger partial charge on any atom is 0.120 e. The van der Waals surface area contributed by atoms with Crippen LogP contribution in [-0.4, -0.2) is 32.0 Å². The Morgan fingerprint density at radius 3 is 2.65 bits per heavy atom. The van der Waals surface area contributed by atoms with Crippen LogP contribution in [-0.2, 0) is 4.74 Å². The highest BCUT2D eigenvalue weighted by Gasteiger charge is 2.10. The number of benzene rings is 1. The second-order valence-corrected chi connectivity index (χ2v) is 5.42. The fourth-order valence-electron chi connectivity index (χ4n) is 1.93. The van der Waals surface area contributed by atoms with Crippen LogP contribution < -0.4 is 10.1 Å². The van der Waals surface area contributed by atoms with Gasteiger partial charge in [0.05, 0.1) is 7.11 Å². The van der Waals surface area contributed by atoms with Crippen molar-refractivity contribution >= 4 is 0 Å². The maximum atomic E-state index is 9.88. The van der Waals surface area contributed by atoms with Crippen LogP contribution in [0.4, 0.5) is 0 Å². The average Bonchev–Trinajstić information content (AvgIpc) is 2.42. The molecule has 0 bridgehead atoms. The maximum absolute atomic E-state index is 9.88. The average molecular weight is 281 g/mol. The molecule has 0 aromatic heterocycles. The number of hydrogen-bond acceptors (Lipinski definition) is 4. The van der Waals surface area contributed by atoms with E-state index < -0.39 is 0 Å². The summed E-state index contributed by atoms with van der Waals surface area (Å²) in [6.07, 6.45) is 0.960. The quantitative estimate of drug-likeness (QED) is 0.683. The Balaban J connectivity index is 2.33. The lowest BCUT2D eigenvalue weighted by atomic mass is 10.1. The van der Waals surface area contributed by atoms with Crippen molar-refractivity contribution in [3.05, 3.63) is 23.8 Å². The highest BCUT2D eigenvalue weighted by molar-refractivity contribution is 5.41. The summed E-state index contributed by atoms with van der Waals surface area (Å²) < 4.78 is 10.7. The Hall–Kier alpha value is -1.26. The monoisotopic (exact) mass is 281 g/mol. The highest BCUT2D eigenvalue weighted by atomic mass is 16.5. The van der Waals surface area contributed by atoms with Crippen molar-refractivity contribution in [2.75, 3.05) is 26.9 Å². The van der Waals surface area contributed by atoms with Gasteiger partial charge in [-0.3, -0.25) is 0 Å². The van der Waals surface area contributed by atoms with Crippen LogP contribution in [0.2, 0.25) is 0 Å². The Kier molecular flexibility index (Phi) is 7.41. The number of rotatable bonds is 9. The van der Waals surface area contributed by atoms with Crippen LogP contribution in [0.25, 0.3) is 0 Å². The highest BCUT2D eigenvalue weighted by Crippen LogP contribution is 2.28. The van der Waals surface area contributed by atoms with Crippen LogP contribution in [0.5, 0.6) is 11.5 Å². The summed E-state index contributed by atoms with van der Waals surface area (Å²) in [6, 6.07) is 5.36. The van der Waals surface area contributed by atoms with Crippen molar-refractivity contribution in [2.24, 2.45) is 5.92 Å². The summed E-state index contributed by atoms with van der Waals surface area (Å²) in [5.74, 6) is 1.63. The second kappa shape index (κ2) is 8.82. The predicted octanol–water partition coefficient (Wildman–Crippen LogP) is 3.11. The molecule has 0 aliphatic carbocycles. The van der Waals surface area contributed by atoms with Gasteiger partial charge in [-0.05, 0) is 44.0 Å². The largest absolute Gasteiger partial charge is 0.508 e. The summed E-state index contributed by atoms with van der Waals surface area (Å²) >= 11 is 0. The first-order valence-corrected chi connectivity index (χ1v) is 7.22. The zero-order valence-electron chi connectivity index (χ0n) is 13.0. The van der Waals surface area contributed by atoms with Gasteiger partial charge in [0.25, 0.3) is 0 Å². The molecule has 4 heteroatoms. The molecule has 0 heterocycles. The SMILES string of the molecule is COc1ccc(O)c(C(C)NCCCOCC(C)C)c1. The van der Waals surface area contributed by atoms with Gasteiger partial charge in [-0.15, -0.1) is 0 Å². The van der Waals surface area contributed by atoms with E-state index in [1.54, 1.807) is 19.2 Å². The molecule has 4 nitrogen and oxygen atoms in total. The molecule has 0 saturated carbocycles. The Morgan fingerprint density at radius 1 is 1.25 bits per heavy atom. The number of ether oxygens (including phenoxy) is 2. The molecular formula is C16H27NO3. The van der Waals surface area contributed by atoms with Gasteiger partial charge in [-0.1, -0.05) is 13.8 Å². The molecule has 1 atom stereocenters. The van der Waals surface area contributed by atoms with E-state index in [-0.39, 0.29) is 6.04 Å². The fraction of sp³-hybridized carbons (Fsp3) is 0.625. The number of phenolic OH excluding ortho intramolecular Hbond substituents is 1. The minimum absolute atomic E-state index is 0.0789. The van der Waals surface area contributed by atoms with E-state index >= 15 is 0 Å². The molecule has 2 N–H and O–H groups in total. The molecule has 0 radical (unpaired) electrons. The van der Waals surface area contributed by atoms with Gasteiger partial charge in [0, 0.05) is 24.8 Å². The molecule has 1 aromatic rings. The summed E-state index contributed by atoms with van der Waals surface area (Å²) in [7, 11) is 1.63. The number of hydrogen-bond donors (Lipinski definition) is 2. The standard InChI is InChI=1S/C16H27NO3/c1-12(2)11-20-9-5-8-17-13(3)15-10-14(19-4)6-7-16(15)18/h6-7,10,12-13,17-18H,5,8-9,11H2,1-4H3. The number of nitrogens with one attached hydrogen (secondary N) is 1. The lowest BCUT2D eigenvalue weighted by Gasteiger charge is -2.16. The third kappa shape index (κ3) is 5.80. The lowest BCUT2D eigenvalue weighted by Crippen LogP contribution is -2.21. The van der Waals surface area contributed by atoms with Crippen LogP contribution in [0.15, 0.2) is 18.2 Å². The molecule has 0 aliphatic rings. The molecule has 1 aromatic carbocycles. The first kappa shape index (κ1) is 16.8. The molecule has 1 unspecified atom stereocenters. The smallest absolute Gasteiger partial charge is 0.120 e. The predicted molar refractivity (Wildman–Crippen MR) is 81.4 cm³/mol. The van der Waals surface area contributed by atoms with Gasteiger partial charge < -0.3 is 19.9 Å². The van der Waals surface area contributed by atoms with E-state index in [0.29, 0.717) is 11.7 Å². The van der Waals surface area contributed by atoms with Gasteiger partial charge in [0.15, 0.2) is 0 Å². The summed E-state index contributed by atoms with van der Waals surface area (Å²) in [5, 5.41) is 13.3. The third-order valence-electron chi connectivity index (χ3n) is 3.07. The molecule has 20 heavy (non-hydrogen) atoms. The van der Waals surface area contributed by atoms with Gasteiger partial charge in [-0.25, -0.2) is 0 Å². The van der Waals surface area contributed by atoms with E-state index in [0.717, 1.165) is 37.5 Å². The van der Waals surface area contributed by atoms with Crippen LogP contribution in [0.3, 0.4) is 0 Å². The van der Waals surface area contributed by atoms with Crippen molar-refractivity contribution in [3.8, 4) is 11.5 Å². The molecule has 1 rings (SSSR count). The Labute approximate surface area is 122 Å². The van der Waals surface area contributed by atoms with E-state index in [9.17, 15) is 5.11 Å². The van der Waals surface area contributed by atoms with Gasteiger partial charge in [0.1, 0.15) is 11.5 Å². The van der Waals surface area contributed by atoms with Crippen molar-refractivity contribution in [1.29, 1.82) is 0 Å². The third-order valence-corrected chi connectivity index (χ3v) is 3.07. The fourth-order valence-corrected chi connectivity index (χ4v) is 1.93. The normalized spacial score (nSPS) is 12.7. The van der Waals surface area contributed by atoms with Crippen LogP contribution in [0, 0.1) is 5.92 Å². The molecule has 114 valence electrons. The summed E-state index contributed by atoms with van der Waals surface area (Å²) in [5.41, 5.74) is 0.854. The van der Waals surface area contributed by atoms with Gasteiger partial charge >= 0.3 is 0 Å². The van der Waals surface area contributed by atoms with Crippen molar-refractivity contribution in [2.45, 2.75) is 33.2 Å². The van der Waals surface area contributed by atoms with Gasteiger partial charge in [-0.2, -0.15) is 0 Å². The Morgan fingerprint density at radius 2 is 2.00 bits per heavy atom. The second-order valence-electron chi connectivity index (χ2n) is 5.42. The summed E-state index contributed by atoms with van der Waals surface area (Å²) in [6.45, 7) is 8.76. The minimum Gasteiger partial charge on any atom is -0.508 e. The zero-order chi connectivity index (χ0) is 15.0. The van der Waals surface area contributed by atoms with Crippen LogP contribution in [0.1, 0.15) is 38.8 Å². The van der Waals surface area contributed by atoms with Crippen molar-refractivity contribution < 1.29 is 14.6 Å². The molecular weight excluding hydrogens is 254 g/mol. The minimum atomic E-state index is 0.0789. The van der Waals surface area contributed by atoms with E-state index in [1.165, 1.54) is 0 Å².